The molecule has 11 heteroatoms. The molecular formula is C23H24N6O3S2. The summed E-state index contributed by atoms with van der Waals surface area (Å²) in [5.41, 5.74) is 8.25. The topological polar surface area (TPSA) is 123 Å². The molecule has 176 valence electrons. The molecule has 0 saturated carbocycles. The molecule has 0 aliphatic heterocycles. The number of aryl methyl sites for hydroxylation is 1. The number of hydrogen-bond acceptors (Lipinski definition) is 9. The van der Waals surface area contributed by atoms with Crippen molar-refractivity contribution in [1.29, 1.82) is 0 Å². The molecule has 0 aliphatic carbocycles. The van der Waals surface area contributed by atoms with Crippen LogP contribution in [0.2, 0.25) is 0 Å². The van der Waals surface area contributed by atoms with Gasteiger partial charge in [0.1, 0.15) is 9.96 Å². The van der Waals surface area contributed by atoms with Gasteiger partial charge in [0.15, 0.2) is 5.82 Å². The highest BCUT2D eigenvalue weighted by atomic mass is 32.2. The van der Waals surface area contributed by atoms with Gasteiger partial charge < -0.3 is 15.8 Å². The Morgan fingerprint density at radius 1 is 1.03 bits per heavy atom. The summed E-state index contributed by atoms with van der Waals surface area (Å²) in [7, 11) is -2.44. The van der Waals surface area contributed by atoms with E-state index in [0.29, 0.717) is 11.4 Å². The summed E-state index contributed by atoms with van der Waals surface area (Å²) >= 11 is 1.13. The number of benzene rings is 2. The summed E-state index contributed by atoms with van der Waals surface area (Å²) in [5, 5.41) is 4.88. The zero-order valence-electron chi connectivity index (χ0n) is 18.7. The maximum atomic E-state index is 13.6. The summed E-state index contributed by atoms with van der Waals surface area (Å²) in [5.74, 6) is 0.807. The standard InChI is InChI=1S/C23H24N6O3S2/c1-3-16-9-4-5-10-17(16)25-23-27-20(26-22(24)28-23)15-29(18-11-6-7-12-19(18)32-2)34(30,31)21-13-8-14-33-21/h4-14H,3,15H2,1-2H3,(H3,24,25,26,27,28). The normalized spacial score (nSPS) is 11.2. The van der Waals surface area contributed by atoms with Crippen LogP contribution in [0.3, 0.4) is 0 Å². The number of rotatable bonds is 9. The lowest BCUT2D eigenvalue weighted by Gasteiger charge is -2.25. The van der Waals surface area contributed by atoms with Crippen molar-refractivity contribution in [2.75, 3.05) is 22.5 Å². The van der Waals surface area contributed by atoms with Crippen LogP contribution in [-0.2, 0) is 23.0 Å². The molecule has 0 spiro atoms. The Balaban J connectivity index is 1.75. The molecule has 0 radical (unpaired) electrons. The Bertz CT molecular complexity index is 1380. The minimum atomic E-state index is -3.93. The number of methoxy groups -OCH3 is 1. The molecule has 4 aromatic rings. The van der Waals surface area contributed by atoms with Crippen molar-refractivity contribution < 1.29 is 13.2 Å². The third-order valence-electron chi connectivity index (χ3n) is 5.02. The average molecular weight is 497 g/mol. The summed E-state index contributed by atoms with van der Waals surface area (Å²) < 4.78 is 34.0. The van der Waals surface area contributed by atoms with Crippen LogP contribution in [-0.4, -0.2) is 30.5 Å². The first-order valence-corrected chi connectivity index (χ1v) is 12.8. The Morgan fingerprint density at radius 2 is 1.79 bits per heavy atom. The second-order valence-electron chi connectivity index (χ2n) is 7.18. The molecule has 34 heavy (non-hydrogen) atoms. The van der Waals surface area contributed by atoms with Crippen molar-refractivity contribution in [1.82, 2.24) is 15.0 Å². The maximum absolute atomic E-state index is 13.6. The number of thiophene rings is 1. The molecule has 0 bridgehead atoms. The molecule has 0 unspecified atom stereocenters. The van der Waals surface area contributed by atoms with Gasteiger partial charge in [-0.2, -0.15) is 15.0 Å². The number of nitrogen functional groups attached to an aromatic ring is 1. The van der Waals surface area contributed by atoms with E-state index in [4.69, 9.17) is 10.5 Å². The zero-order chi connectivity index (χ0) is 24.1. The predicted octanol–water partition coefficient (Wildman–Crippen LogP) is 4.23. The molecule has 0 aliphatic rings. The minimum absolute atomic E-state index is 0.0185. The summed E-state index contributed by atoms with van der Waals surface area (Å²) in [4.78, 5) is 12.9. The van der Waals surface area contributed by atoms with Crippen molar-refractivity contribution in [3.05, 3.63) is 77.4 Å². The first kappa shape index (κ1) is 23.5. The number of nitrogens with zero attached hydrogens (tertiary/aromatic N) is 4. The van der Waals surface area contributed by atoms with Crippen LogP contribution in [0.15, 0.2) is 70.3 Å². The monoisotopic (exact) mass is 496 g/mol. The van der Waals surface area contributed by atoms with Crippen molar-refractivity contribution in [2.24, 2.45) is 0 Å². The first-order chi connectivity index (χ1) is 16.4. The Morgan fingerprint density at radius 3 is 2.53 bits per heavy atom. The highest BCUT2D eigenvalue weighted by molar-refractivity contribution is 7.94. The molecular weight excluding hydrogens is 472 g/mol. The molecule has 0 saturated heterocycles. The summed E-state index contributed by atoms with van der Waals surface area (Å²) in [6.07, 6.45) is 0.817. The quantitative estimate of drug-likeness (QED) is 0.353. The lowest BCUT2D eigenvalue weighted by molar-refractivity contribution is 0.415. The van der Waals surface area contributed by atoms with Gasteiger partial charge in [0, 0.05) is 5.69 Å². The van der Waals surface area contributed by atoms with E-state index in [1.54, 1.807) is 41.8 Å². The van der Waals surface area contributed by atoms with E-state index in [0.717, 1.165) is 29.0 Å². The van der Waals surface area contributed by atoms with Crippen molar-refractivity contribution in [3.8, 4) is 5.75 Å². The lowest BCUT2D eigenvalue weighted by atomic mass is 10.1. The molecule has 4 rings (SSSR count). The second-order valence-corrected chi connectivity index (χ2v) is 10.2. The maximum Gasteiger partial charge on any atom is 0.274 e. The summed E-state index contributed by atoms with van der Waals surface area (Å²) in [6.45, 7) is 1.88. The van der Waals surface area contributed by atoms with E-state index in [1.165, 1.54) is 11.4 Å². The van der Waals surface area contributed by atoms with Crippen LogP contribution in [0.25, 0.3) is 0 Å². The molecule has 0 amide bonds. The molecule has 2 aromatic carbocycles. The number of hydrogen-bond donors (Lipinski definition) is 2. The molecule has 0 atom stereocenters. The summed E-state index contributed by atoms with van der Waals surface area (Å²) in [6, 6.07) is 17.9. The number of aromatic nitrogens is 3. The van der Waals surface area contributed by atoms with E-state index >= 15 is 0 Å². The fraction of sp³-hybridized carbons (Fsp3) is 0.174. The van der Waals surface area contributed by atoms with Crippen LogP contribution in [0.5, 0.6) is 5.75 Å². The van der Waals surface area contributed by atoms with E-state index < -0.39 is 10.0 Å². The Hall–Kier alpha value is -3.70. The van der Waals surface area contributed by atoms with Gasteiger partial charge in [-0.05, 0) is 41.6 Å². The SMILES string of the molecule is CCc1ccccc1Nc1nc(N)nc(CN(c2ccccc2OC)S(=O)(=O)c2cccs2)n1. The van der Waals surface area contributed by atoms with Crippen LogP contribution < -0.4 is 20.1 Å². The zero-order valence-corrected chi connectivity index (χ0v) is 20.3. The molecule has 2 heterocycles. The van der Waals surface area contributed by atoms with Crippen LogP contribution >= 0.6 is 11.3 Å². The van der Waals surface area contributed by atoms with Crippen molar-refractivity contribution in [3.63, 3.8) is 0 Å². The van der Waals surface area contributed by atoms with Gasteiger partial charge in [-0.3, -0.25) is 4.31 Å². The van der Waals surface area contributed by atoms with Gasteiger partial charge >= 0.3 is 0 Å². The van der Waals surface area contributed by atoms with Gasteiger partial charge in [-0.25, -0.2) is 8.42 Å². The van der Waals surface area contributed by atoms with Crippen LogP contribution in [0.1, 0.15) is 18.3 Å². The van der Waals surface area contributed by atoms with E-state index in [1.807, 2.05) is 31.2 Å². The number of ether oxygens (including phenoxy) is 1. The molecule has 3 N–H and O–H groups in total. The number of anilines is 4. The molecule has 9 nitrogen and oxygen atoms in total. The van der Waals surface area contributed by atoms with E-state index in [9.17, 15) is 8.42 Å². The van der Waals surface area contributed by atoms with Crippen LogP contribution in [0, 0.1) is 0 Å². The first-order valence-electron chi connectivity index (χ1n) is 10.5. The van der Waals surface area contributed by atoms with Crippen LogP contribution in [0.4, 0.5) is 23.3 Å². The van der Waals surface area contributed by atoms with Gasteiger partial charge in [0.2, 0.25) is 11.9 Å². The van der Waals surface area contributed by atoms with Crippen molar-refractivity contribution >= 4 is 44.6 Å². The Labute approximate surface area is 202 Å². The Kier molecular flexibility index (Phi) is 6.94. The smallest absolute Gasteiger partial charge is 0.274 e. The van der Waals surface area contributed by atoms with Crippen molar-refractivity contribution in [2.45, 2.75) is 24.1 Å². The third kappa shape index (κ3) is 4.95. The minimum Gasteiger partial charge on any atom is -0.495 e. The molecule has 0 fully saturated rings. The number of para-hydroxylation sites is 3. The fourth-order valence-corrected chi connectivity index (χ4v) is 5.95. The van der Waals surface area contributed by atoms with Gasteiger partial charge in [0.25, 0.3) is 10.0 Å². The highest BCUT2D eigenvalue weighted by Gasteiger charge is 2.29. The highest BCUT2D eigenvalue weighted by Crippen LogP contribution is 2.34. The average Bonchev–Trinajstić information content (AvgIpc) is 3.39. The number of nitrogens with two attached hydrogens (primary N) is 1. The van der Waals surface area contributed by atoms with E-state index in [2.05, 4.69) is 20.3 Å². The lowest BCUT2D eigenvalue weighted by Crippen LogP contribution is -2.31. The fourth-order valence-electron chi connectivity index (χ4n) is 3.42. The van der Waals surface area contributed by atoms with Gasteiger partial charge in [-0.15, -0.1) is 11.3 Å². The largest absolute Gasteiger partial charge is 0.495 e. The third-order valence-corrected chi connectivity index (χ3v) is 8.15. The van der Waals surface area contributed by atoms with Gasteiger partial charge in [-0.1, -0.05) is 43.3 Å². The number of sulfonamides is 1. The second kappa shape index (κ2) is 10.1. The van der Waals surface area contributed by atoms with Gasteiger partial charge in [0.05, 0.1) is 19.3 Å². The molecule has 2 aromatic heterocycles. The number of nitrogens with one attached hydrogen (secondary N) is 1. The van der Waals surface area contributed by atoms with E-state index in [-0.39, 0.29) is 28.5 Å². The predicted molar refractivity (Wildman–Crippen MR) is 134 cm³/mol.